The highest BCUT2D eigenvalue weighted by Gasteiger charge is 2.58. The number of amides is 2. The van der Waals surface area contributed by atoms with E-state index >= 15 is 0 Å². The molecule has 1 aliphatic heterocycles. The van der Waals surface area contributed by atoms with Gasteiger partial charge in [-0.3, -0.25) is 9.59 Å². The lowest BCUT2D eigenvalue weighted by Gasteiger charge is -2.32. The minimum Gasteiger partial charge on any atom is -0.495 e. The molecule has 2 aromatic rings. The summed E-state index contributed by atoms with van der Waals surface area (Å²) in [5.41, 5.74) is 0.999. The van der Waals surface area contributed by atoms with Crippen LogP contribution >= 0.6 is 11.6 Å². The average Bonchev–Trinajstić information content (AvgIpc) is 3.20. The fraction of sp³-hybridized carbons (Fsp3) is 0.450. The second kappa shape index (κ2) is 7.13. The number of nitrogens with zero attached hydrogens (tertiary/aromatic N) is 2. The first kappa shape index (κ1) is 18.8. The highest BCUT2D eigenvalue weighted by molar-refractivity contribution is 6.32. The van der Waals surface area contributed by atoms with Crippen molar-refractivity contribution >= 4 is 29.1 Å². The van der Waals surface area contributed by atoms with Gasteiger partial charge in [-0.15, -0.1) is 0 Å². The minimum atomic E-state index is -0.110. The van der Waals surface area contributed by atoms with Crippen LogP contribution in [0.1, 0.15) is 35.5 Å². The Hall–Kier alpha value is -2.54. The van der Waals surface area contributed by atoms with E-state index in [1.54, 1.807) is 43.2 Å². The summed E-state index contributed by atoms with van der Waals surface area (Å²) >= 11 is 6.12. The lowest BCUT2D eigenvalue weighted by atomic mass is 9.90. The van der Waals surface area contributed by atoms with Crippen LogP contribution in [0.3, 0.4) is 0 Å². The second-order valence-corrected chi connectivity index (χ2v) is 7.98. The molecule has 28 heavy (non-hydrogen) atoms. The van der Waals surface area contributed by atoms with Gasteiger partial charge >= 0.3 is 0 Å². The van der Waals surface area contributed by atoms with Gasteiger partial charge in [0, 0.05) is 30.8 Å². The van der Waals surface area contributed by atoms with E-state index in [1.807, 2.05) is 0 Å². The van der Waals surface area contributed by atoms with Gasteiger partial charge in [0.25, 0.3) is 5.91 Å². The third-order valence-corrected chi connectivity index (χ3v) is 6.11. The molecule has 2 amide bonds. The first-order valence-corrected chi connectivity index (χ1v) is 9.67. The van der Waals surface area contributed by atoms with E-state index < -0.39 is 0 Å². The van der Waals surface area contributed by atoms with E-state index in [2.05, 4.69) is 10.5 Å². The zero-order valence-corrected chi connectivity index (χ0v) is 16.6. The summed E-state index contributed by atoms with van der Waals surface area (Å²) in [6.07, 6.45) is 2.49. The zero-order valence-electron chi connectivity index (χ0n) is 15.8. The number of aromatic nitrogens is 1. The van der Waals surface area contributed by atoms with Crippen LogP contribution in [0.5, 0.6) is 5.75 Å². The Balaban J connectivity index is 1.33. The summed E-state index contributed by atoms with van der Waals surface area (Å²) in [6, 6.07) is 6.85. The molecule has 8 heteroatoms. The molecule has 2 heterocycles. The first-order chi connectivity index (χ1) is 13.4. The molecule has 2 fully saturated rings. The molecule has 1 saturated carbocycles. The van der Waals surface area contributed by atoms with Gasteiger partial charge in [-0.1, -0.05) is 16.8 Å². The fourth-order valence-electron chi connectivity index (χ4n) is 4.03. The Bertz CT molecular complexity index is 918. The number of carbonyl (C=O) groups is 2. The smallest absolute Gasteiger partial charge is 0.276 e. The van der Waals surface area contributed by atoms with E-state index in [9.17, 15) is 9.59 Å². The highest BCUT2D eigenvalue weighted by atomic mass is 35.5. The molecule has 1 atom stereocenters. The number of likely N-dealkylation sites (tertiary alicyclic amines) is 1. The largest absolute Gasteiger partial charge is 0.495 e. The number of aryl methyl sites for hydroxylation is 1. The summed E-state index contributed by atoms with van der Waals surface area (Å²) in [5, 5.41) is 7.21. The molecule has 1 saturated heterocycles. The monoisotopic (exact) mass is 403 g/mol. The first-order valence-electron chi connectivity index (χ1n) is 9.29. The second-order valence-electron chi connectivity index (χ2n) is 7.57. The molecule has 1 aliphatic carbocycles. The molecule has 1 spiro atoms. The van der Waals surface area contributed by atoms with Gasteiger partial charge in [0.15, 0.2) is 5.69 Å². The van der Waals surface area contributed by atoms with Gasteiger partial charge < -0.3 is 19.5 Å². The van der Waals surface area contributed by atoms with Gasteiger partial charge in [0.05, 0.1) is 12.1 Å². The summed E-state index contributed by atoms with van der Waals surface area (Å²) in [4.78, 5) is 26.9. The van der Waals surface area contributed by atoms with Crippen LogP contribution < -0.4 is 10.1 Å². The number of halogens is 1. The molecule has 148 valence electrons. The Morgan fingerprint density at radius 3 is 2.68 bits per heavy atom. The van der Waals surface area contributed by atoms with Crippen LogP contribution in [0.4, 0.5) is 5.69 Å². The van der Waals surface area contributed by atoms with Gasteiger partial charge in [0.2, 0.25) is 5.91 Å². The summed E-state index contributed by atoms with van der Waals surface area (Å²) in [5.74, 6) is 1.06. The van der Waals surface area contributed by atoms with Crippen molar-refractivity contribution in [2.45, 2.75) is 26.2 Å². The molecule has 1 unspecified atom stereocenters. The van der Waals surface area contributed by atoms with Crippen LogP contribution in [0.25, 0.3) is 0 Å². The number of ether oxygens (including phenoxy) is 1. The number of carbonyl (C=O) groups excluding carboxylic acids is 2. The number of benzene rings is 1. The molecular weight excluding hydrogens is 382 g/mol. The Morgan fingerprint density at radius 2 is 2.07 bits per heavy atom. The minimum absolute atomic E-state index is 0.00311. The lowest BCUT2D eigenvalue weighted by Crippen LogP contribution is -2.40. The predicted octanol–water partition coefficient (Wildman–Crippen LogP) is 3.53. The molecule has 0 bridgehead atoms. The van der Waals surface area contributed by atoms with Crippen molar-refractivity contribution in [3.8, 4) is 5.75 Å². The van der Waals surface area contributed by atoms with Crippen LogP contribution in [-0.4, -0.2) is 42.1 Å². The standard InChI is InChI=1S/C20H22ClN3O4/c1-12-9-16(23-28-12)19(26)24-7-5-20(6-8-24)11-14(20)18(25)22-13-3-4-17(27-2)15(21)10-13/h3-4,9-10,14H,5-8,11H2,1-2H3,(H,22,25). The van der Waals surface area contributed by atoms with Crippen molar-refractivity contribution in [2.24, 2.45) is 11.3 Å². The third-order valence-electron chi connectivity index (χ3n) is 5.82. The van der Waals surface area contributed by atoms with E-state index in [0.717, 1.165) is 19.3 Å². The van der Waals surface area contributed by atoms with Crippen molar-refractivity contribution in [3.05, 3.63) is 40.7 Å². The van der Waals surface area contributed by atoms with Gasteiger partial charge in [-0.05, 0) is 49.8 Å². The molecule has 0 radical (unpaired) electrons. The molecule has 1 N–H and O–H groups in total. The maximum Gasteiger partial charge on any atom is 0.276 e. The Kier molecular flexibility index (Phi) is 4.79. The quantitative estimate of drug-likeness (QED) is 0.844. The van der Waals surface area contributed by atoms with E-state index in [0.29, 0.717) is 41.0 Å². The van der Waals surface area contributed by atoms with Crippen molar-refractivity contribution < 1.29 is 18.8 Å². The van der Waals surface area contributed by atoms with Crippen LogP contribution in [0, 0.1) is 18.3 Å². The molecule has 1 aromatic heterocycles. The maximum atomic E-state index is 12.7. The summed E-state index contributed by atoms with van der Waals surface area (Å²) in [7, 11) is 1.55. The molecule has 2 aliphatic rings. The van der Waals surface area contributed by atoms with E-state index in [4.69, 9.17) is 20.9 Å². The number of anilines is 1. The molecular formula is C20H22ClN3O4. The third kappa shape index (κ3) is 3.46. The number of rotatable bonds is 4. The van der Waals surface area contributed by atoms with Gasteiger partial charge in [0.1, 0.15) is 11.5 Å². The summed E-state index contributed by atoms with van der Waals surface area (Å²) < 4.78 is 10.1. The number of nitrogens with one attached hydrogen (secondary N) is 1. The number of piperidine rings is 1. The topological polar surface area (TPSA) is 84.7 Å². The van der Waals surface area contributed by atoms with Crippen LogP contribution in [0.2, 0.25) is 5.02 Å². The van der Waals surface area contributed by atoms with Crippen LogP contribution in [0.15, 0.2) is 28.8 Å². The average molecular weight is 404 g/mol. The molecule has 7 nitrogen and oxygen atoms in total. The highest BCUT2D eigenvalue weighted by Crippen LogP contribution is 2.59. The Labute approximate surface area is 168 Å². The predicted molar refractivity (Wildman–Crippen MR) is 104 cm³/mol. The molecule has 4 rings (SSSR count). The van der Waals surface area contributed by atoms with E-state index in [1.165, 1.54) is 0 Å². The SMILES string of the molecule is COc1ccc(NC(=O)C2CC23CCN(C(=O)c2cc(C)on2)CC3)cc1Cl. The Morgan fingerprint density at radius 1 is 1.32 bits per heavy atom. The van der Waals surface area contributed by atoms with Gasteiger partial charge in [-0.25, -0.2) is 0 Å². The number of hydrogen-bond donors (Lipinski definition) is 1. The summed E-state index contributed by atoms with van der Waals surface area (Å²) in [6.45, 7) is 3.02. The van der Waals surface area contributed by atoms with Crippen molar-refractivity contribution in [3.63, 3.8) is 0 Å². The van der Waals surface area contributed by atoms with Crippen LogP contribution in [-0.2, 0) is 4.79 Å². The normalized spacial score (nSPS) is 20.1. The van der Waals surface area contributed by atoms with Crippen molar-refractivity contribution in [1.29, 1.82) is 0 Å². The fourth-order valence-corrected chi connectivity index (χ4v) is 4.29. The number of hydrogen-bond acceptors (Lipinski definition) is 5. The zero-order chi connectivity index (χ0) is 19.9. The molecule has 1 aromatic carbocycles. The maximum absolute atomic E-state index is 12.7. The van der Waals surface area contributed by atoms with Gasteiger partial charge in [-0.2, -0.15) is 0 Å². The number of methoxy groups -OCH3 is 1. The van der Waals surface area contributed by atoms with Crippen molar-refractivity contribution in [1.82, 2.24) is 10.1 Å². The van der Waals surface area contributed by atoms with E-state index in [-0.39, 0.29) is 23.1 Å². The van der Waals surface area contributed by atoms with Crippen molar-refractivity contribution in [2.75, 3.05) is 25.5 Å². The lowest BCUT2D eigenvalue weighted by molar-refractivity contribution is -0.118.